The van der Waals surface area contributed by atoms with Crippen molar-refractivity contribution in [3.8, 4) is 5.75 Å². The summed E-state index contributed by atoms with van der Waals surface area (Å²) in [5, 5.41) is 5.06. The summed E-state index contributed by atoms with van der Waals surface area (Å²) in [6.45, 7) is 0.596. The number of carbonyl (C=O) groups is 1. The number of amides is 1. The van der Waals surface area contributed by atoms with Gasteiger partial charge >= 0.3 is 0 Å². The fraction of sp³-hybridized carbons (Fsp3) is 0.150. The van der Waals surface area contributed by atoms with Gasteiger partial charge in [0.1, 0.15) is 5.75 Å². The van der Waals surface area contributed by atoms with Crippen molar-refractivity contribution < 1.29 is 9.53 Å². The number of ether oxygens (including phenoxy) is 1. The van der Waals surface area contributed by atoms with Crippen molar-refractivity contribution in [3.63, 3.8) is 0 Å². The zero-order valence-electron chi connectivity index (χ0n) is 13.1. The van der Waals surface area contributed by atoms with Crippen LogP contribution in [0.3, 0.4) is 0 Å². The van der Waals surface area contributed by atoms with E-state index in [-0.39, 0.29) is 5.91 Å². The van der Waals surface area contributed by atoms with Gasteiger partial charge in [-0.25, -0.2) is 0 Å². The van der Waals surface area contributed by atoms with Crippen molar-refractivity contribution >= 4 is 16.7 Å². The maximum atomic E-state index is 12.5. The Hall–Kier alpha value is -2.81. The third-order valence-electron chi connectivity index (χ3n) is 3.85. The van der Waals surface area contributed by atoms with Gasteiger partial charge in [-0.1, -0.05) is 54.6 Å². The van der Waals surface area contributed by atoms with E-state index in [1.807, 2.05) is 54.6 Å². The Balaban J connectivity index is 1.74. The van der Waals surface area contributed by atoms with Gasteiger partial charge in [-0.05, 0) is 34.9 Å². The second-order valence-corrected chi connectivity index (χ2v) is 5.39. The summed E-state index contributed by atoms with van der Waals surface area (Å²) in [7, 11) is 1.59. The first-order chi connectivity index (χ1) is 11.3. The highest BCUT2D eigenvalue weighted by Crippen LogP contribution is 2.25. The molecule has 1 N–H and O–H groups in total. The maximum absolute atomic E-state index is 12.5. The number of carbonyl (C=O) groups excluding carboxylic acids is 1. The summed E-state index contributed by atoms with van der Waals surface area (Å²) in [6.07, 6.45) is 0.808. The molecule has 3 rings (SSSR count). The molecule has 116 valence electrons. The second-order valence-electron chi connectivity index (χ2n) is 5.39. The van der Waals surface area contributed by atoms with Crippen LogP contribution in [0.4, 0.5) is 0 Å². The van der Waals surface area contributed by atoms with Crippen LogP contribution >= 0.6 is 0 Å². The van der Waals surface area contributed by atoms with Crippen LogP contribution in [0.2, 0.25) is 0 Å². The Labute approximate surface area is 135 Å². The Bertz CT molecular complexity index is 812. The highest BCUT2D eigenvalue weighted by molar-refractivity contribution is 6.01. The Morgan fingerprint density at radius 2 is 1.61 bits per heavy atom. The Morgan fingerprint density at radius 3 is 2.30 bits per heavy atom. The molecule has 0 spiro atoms. The molecular formula is C20H19NO2. The van der Waals surface area contributed by atoms with Crippen LogP contribution < -0.4 is 10.1 Å². The highest BCUT2D eigenvalue weighted by Gasteiger charge is 2.13. The fourth-order valence-corrected chi connectivity index (χ4v) is 2.63. The Kier molecular flexibility index (Phi) is 4.57. The molecule has 0 atom stereocenters. The molecule has 0 aliphatic rings. The SMILES string of the molecule is COc1cc2ccccc2cc1C(=O)NCCc1ccccc1. The second kappa shape index (κ2) is 6.97. The lowest BCUT2D eigenvalue weighted by Gasteiger charge is -2.11. The topological polar surface area (TPSA) is 38.3 Å². The zero-order valence-corrected chi connectivity index (χ0v) is 13.1. The van der Waals surface area contributed by atoms with Crippen LogP contribution in [0, 0.1) is 0 Å². The van der Waals surface area contributed by atoms with Crippen LogP contribution in [0.25, 0.3) is 10.8 Å². The molecule has 3 aromatic rings. The molecule has 0 bridgehead atoms. The standard InChI is InChI=1S/C20H19NO2/c1-23-19-14-17-10-6-5-9-16(17)13-18(19)20(22)21-12-11-15-7-3-2-4-8-15/h2-10,13-14H,11-12H2,1H3,(H,21,22). The number of nitrogens with one attached hydrogen (secondary N) is 1. The molecule has 1 amide bonds. The molecule has 0 unspecified atom stereocenters. The first kappa shape index (κ1) is 15.1. The highest BCUT2D eigenvalue weighted by atomic mass is 16.5. The van der Waals surface area contributed by atoms with Gasteiger partial charge in [-0.2, -0.15) is 0 Å². The Morgan fingerprint density at radius 1 is 0.957 bits per heavy atom. The van der Waals surface area contributed by atoms with E-state index >= 15 is 0 Å². The van der Waals surface area contributed by atoms with Crippen LogP contribution in [-0.4, -0.2) is 19.6 Å². The van der Waals surface area contributed by atoms with Crippen molar-refractivity contribution in [2.75, 3.05) is 13.7 Å². The van der Waals surface area contributed by atoms with E-state index in [4.69, 9.17) is 4.74 Å². The van der Waals surface area contributed by atoms with Crippen molar-refractivity contribution in [2.45, 2.75) is 6.42 Å². The van der Waals surface area contributed by atoms with E-state index in [1.165, 1.54) is 5.56 Å². The number of hydrogen-bond acceptors (Lipinski definition) is 2. The third-order valence-corrected chi connectivity index (χ3v) is 3.85. The summed E-state index contributed by atoms with van der Waals surface area (Å²) >= 11 is 0. The molecule has 0 heterocycles. The molecule has 0 saturated heterocycles. The van der Waals surface area contributed by atoms with Gasteiger partial charge in [0.2, 0.25) is 0 Å². The summed E-state index contributed by atoms with van der Waals surface area (Å²) in [6, 6.07) is 21.8. The molecule has 0 saturated carbocycles. The van der Waals surface area contributed by atoms with E-state index in [2.05, 4.69) is 17.4 Å². The average molecular weight is 305 g/mol. The maximum Gasteiger partial charge on any atom is 0.255 e. The predicted octanol–water partition coefficient (Wildman–Crippen LogP) is 3.82. The lowest BCUT2D eigenvalue weighted by molar-refractivity contribution is 0.0951. The van der Waals surface area contributed by atoms with Crippen LogP contribution in [-0.2, 0) is 6.42 Å². The van der Waals surface area contributed by atoms with E-state index in [1.54, 1.807) is 7.11 Å². The molecule has 3 heteroatoms. The fourth-order valence-electron chi connectivity index (χ4n) is 2.63. The normalized spacial score (nSPS) is 10.5. The minimum absolute atomic E-state index is 0.108. The van der Waals surface area contributed by atoms with Gasteiger partial charge in [0.15, 0.2) is 0 Å². The van der Waals surface area contributed by atoms with Gasteiger partial charge in [0.25, 0.3) is 5.91 Å². The molecular weight excluding hydrogens is 286 g/mol. The minimum Gasteiger partial charge on any atom is -0.496 e. The number of rotatable bonds is 5. The lowest BCUT2D eigenvalue weighted by Crippen LogP contribution is -2.26. The summed E-state index contributed by atoms with van der Waals surface area (Å²) in [5.41, 5.74) is 1.78. The molecule has 3 aromatic carbocycles. The van der Waals surface area contributed by atoms with Crippen LogP contribution in [0.15, 0.2) is 66.7 Å². The van der Waals surface area contributed by atoms with Crippen molar-refractivity contribution in [2.24, 2.45) is 0 Å². The van der Waals surface area contributed by atoms with Gasteiger partial charge in [-0.3, -0.25) is 4.79 Å². The summed E-state index contributed by atoms with van der Waals surface area (Å²) < 4.78 is 5.38. The average Bonchev–Trinajstić information content (AvgIpc) is 2.61. The molecule has 0 aliphatic heterocycles. The van der Waals surface area contributed by atoms with E-state index in [9.17, 15) is 4.79 Å². The quantitative estimate of drug-likeness (QED) is 0.778. The predicted molar refractivity (Wildman–Crippen MR) is 93.0 cm³/mol. The molecule has 0 aromatic heterocycles. The van der Waals surface area contributed by atoms with Crippen molar-refractivity contribution in [3.05, 3.63) is 77.9 Å². The molecule has 0 radical (unpaired) electrons. The minimum atomic E-state index is -0.108. The largest absolute Gasteiger partial charge is 0.496 e. The van der Waals surface area contributed by atoms with E-state index in [0.717, 1.165) is 17.2 Å². The van der Waals surface area contributed by atoms with Gasteiger partial charge in [0.05, 0.1) is 12.7 Å². The third kappa shape index (κ3) is 3.51. The lowest BCUT2D eigenvalue weighted by atomic mass is 10.1. The number of hydrogen-bond donors (Lipinski definition) is 1. The van der Waals surface area contributed by atoms with E-state index in [0.29, 0.717) is 17.9 Å². The number of fused-ring (bicyclic) bond motifs is 1. The number of benzene rings is 3. The van der Waals surface area contributed by atoms with Crippen LogP contribution in [0.1, 0.15) is 15.9 Å². The molecule has 0 aliphatic carbocycles. The smallest absolute Gasteiger partial charge is 0.255 e. The molecule has 3 nitrogen and oxygen atoms in total. The number of methoxy groups -OCH3 is 1. The van der Waals surface area contributed by atoms with Crippen molar-refractivity contribution in [1.82, 2.24) is 5.32 Å². The first-order valence-corrected chi connectivity index (χ1v) is 7.67. The summed E-state index contributed by atoms with van der Waals surface area (Å²) in [5.74, 6) is 0.490. The molecule has 0 fully saturated rings. The van der Waals surface area contributed by atoms with Crippen molar-refractivity contribution in [1.29, 1.82) is 0 Å². The zero-order chi connectivity index (χ0) is 16.1. The first-order valence-electron chi connectivity index (χ1n) is 7.67. The molecule has 23 heavy (non-hydrogen) atoms. The van der Waals surface area contributed by atoms with E-state index < -0.39 is 0 Å². The van der Waals surface area contributed by atoms with Gasteiger partial charge < -0.3 is 10.1 Å². The monoisotopic (exact) mass is 305 g/mol. The summed E-state index contributed by atoms with van der Waals surface area (Å²) in [4.78, 5) is 12.5. The van der Waals surface area contributed by atoms with Gasteiger partial charge in [0, 0.05) is 6.54 Å². The van der Waals surface area contributed by atoms with Crippen LogP contribution in [0.5, 0.6) is 5.75 Å². The van der Waals surface area contributed by atoms with Gasteiger partial charge in [-0.15, -0.1) is 0 Å².